The minimum absolute atomic E-state index is 0.0647. The van der Waals surface area contributed by atoms with Crippen LogP contribution in [0.4, 0.5) is 13.2 Å². The summed E-state index contributed by atoms with van der Waals surface area (Å²) in [6.07, 6.45) is 0. The molecule has 0 aliphatic heterocycles. The number of aryl methyl sites for hydroxylation is 1. The van der Waals surface area contributed by atoms with Gasteiger partial charge in [0.25, 0.3) is 0 Å². The van der Waals surface area contributed by atoms with E-state index in [2.05, 4.69) is 0 Å². The fraction of sp³-hybridized carbons (Fsp3) is 0.455. The zero-order valence-corrected chi connectivity index (χ0v) is 9.67. The summed E-state index contributed by atoms with van der Waals surface area (Å²) in [5, 5.41) is 0. The van der Waals surface area contributed by atoms with E-state index in [-0.39, 0.29) is 16.7 Å². The van der Waals surface area contributed by atoms with Crippen LogP contribution < -0.4 is 0 Å². The van der Waals surface area contributed by atoms with Crippen molar-refractivity contribution in [1.82, 2.24) is 0 Å². The lowest BCUT2D eigenvalue weighted by Crippen LogP contribution is -2.00. The van der Waals surface area contributed by atoms with Crippen molar-refractivity contribution in [1.29, 1.82) is 0 Å². The first-order valence-corrected chi connectivity index (χ1v) is 5.47. The van der Waals surface area contributed by atoms with Gasteiger partial charge in [-0.3, -0.25) is 0 Å². The van der Waals surface area contributed by atoms with Gasteiger partial charge < -0.3 is 0 Å². The quantitative estimate of drug-likeness (QED) is 0.666. The van der Waals surface area contributed by atoms with Gasteiger partial charge in [0.2, 0.25) is 0 Å². The predicted molar refractivity (Wildman–Crippen MR) is 57.2 cm³/mol. The van der Waals surface area contributed by atoms with Crippen molar-refractivity contribution in [3.63, 3.8) is 0 Å². The molecule has 1 aromatic carbocycles. The Morgan fingerprint density at radius 3 is 2.20 bits per heavy atom. The van der Waals surface area contributed by atoms with Gasteiger partial charge in [-0.15, -0.1) is 0 Å². The molecule has 0 aliphatic carbocycles. The lowest BCUT2D eigenvalue weighted by Gasteiger charge is -2.12. The van der Waals surface area contributed by atoms with Crippen LogP contribution in [-0.4, -0.2) is 5.51 Å². The third-order valence-corrected chi connectivity index (χ3v) is 2.82. The van der Waals surface area contributed by atoms with Crippen LogP contribution in [0.15, 0.2) is 23.1 Å². The van der Waals surface area contributed by atoms with Crippen LogP contribution in [-0.2, 0) is 0 Å². The SMILES string of the molecule is Cc1cc(SC(F)(F)F)ccc1C(C)C. The molecular weight excluding hydrogens is 221 g/mol. The van der Waals surface area contributed by atoms with E-state index in [9.17, 15) is 13.2 Å². The molecule has 1 aromatic rings. The van der Waals surface area contributed by atoms with Gasteiger partial charge in [-0.05, 0) is 47.9 Å². The summed E-state index contributed by atoms with van der Waals surface area (Å²) >= 11 is -0.0647. The topological polar surface area (TPSA) is 0 Å². The van der Waals surface area contributed by atoms with E-state index >= 15 is 0 Å². The molecule has 0 atom stereocenters. The van der Waals surface area contributed by atoms with Crippen molar-refractivity contribution >= 4 is 11.8 Å². The summed E-state index contributed by atoms with van der Waals surface area (Å²) < 4.78 is 36.3. The second-order valence-electron chi connectivity index (χ2n) is 3.72. The van der Waals surface area contributed by atoms with Gasteiger partial charge in [0, 0.05) is 4.90 Å². The van der Waals surface area contributed by atoms with Gasteiger partial charge in [-0.25, -0.2) is 0 Å². The molecule has 0 fully saturated rings. The summed E-state index contributed by atoms with van der Waals surface area (Å²) in [7, 11) is 0. The summed E-state index contributed by atoms with van der Waals surface area (Å²) in [5.41, 5.74) is -2.19. The van der Waals surface area contributed by atoms with E-state index in [1.165, 1.54) is 6.07 Å². The Bertz CT molecular complexity index is 342. The second kappa shape index (κ2) is 4.47. The Hall–Kier alpha value is -0.640. The van der Waals surface area contributed by atoms with E-state index in [0.717, 1.165) is 11.1 Å². The molecule has 0 saturated carbocycles. The third-order valence-electron chi connectivity index (χ3n) is 2.10. The monoisotopic (exact) mass is 234 g/mol. The Morgan fingerprint density at radius 2 is 1.80 bits per heavy atom. The van der Waals surface area contributed by atoms with Gasteiger partial charge in [-0.1, -0.05) is 19.9 Å². The fourth-order valence-corrected chi connectivity index (χ4v) is 2.13. The van der Waals surface area contributed by atoms with E-state index in [0.29, 0.717) is 5.92 Å². The van der Waals surface area contributed by atoms with Crippen LogP contribution in [0.3, 0.4) is 0 Å². The van der Waals surface area contributed by atoms with Gasteiger partial charge in [0.15, 0.2) is 0 Å². The highest BCUT2D eigenvalue weighted by molar-refractivity contribution is 8.00. The van der Waals surface area contributed by atoms with Crippen molar-refractivity contribution in [3.05, 3.63) is 29.3 Å². The molecule has 0 radical (unpaired) electrons. The molecule has 84 valence electrons. The predicted octanol–water partition coefficient (Wildman–Crippen LogP) is 4.73. The summed E-state index contributed by atoms with van der Waals surface area (Å²) in [6.45, 7) is 5.90. The zero-order valence-electron chi connectivity index (χ0n) is 8.85. The van der Waals surface area contributed by atoms with Crippen molar-refractivity contribution < 1.29 is 13.2 Å². The van der Waals surface area contributed by atoms with E-state index in [4.69, 9.17) is 0 Å². The summed E-state index contributed by atoms with van der Waals surface area (Å²) in [5.74, 6) is 0.343. The van der Waals surface area contributed by atoms with Crippen molar-refractivity contribution in [2.45, 2.75) is 37.1 Å². The molecule has 0 amide bonds. The van der Waals surface area contributed by atoms with E-state index < -0.39 is 5.51 Å². The first-order valence-electron chi connectivity index (χ1n) is 4.66. The zero-order chi connectivity index (χ0) is 11.6. The molecular formula is C11H13F3S. The van der Waals surface area contributed by atoms with E-state index in [1.54, 1.807) is 12.1 Å². The smallest absolute Gasteiger partial charge is 0.160 e. The standard InChI is InChI=1S/C11H13F3S/c1-7(2)10-5-4-9(6-8(10)3)15-11(12,13)14/h4-7H,1-3H3. The highest BCUT2D eigenvalue weighted by Crippen LogP contribution is 2.37. The van der Waals surface area contributed by atoms with Gasteiger partial charge >= 0.3 is 5.51 Å². The molecule has 4 heteroatoms. The number of alkyl halides is 3. The van der Waals surface area contributed by atoms with Crippen LogP contribution in [0, 0.1) is 6.92 Å². The average molecular weight is 234 g/mol. The lowest BCUT2D eigenvalue weighted by molar-refractivity contribution is -0.0328. The fourth-order valence-electron chi connectivity index (χ4n) is 1.49. The largest absolute Gasteiger partial charge is 0.446 e. The number of hydrogen-bond acceptors (Lipinski definition) is 1. The molecule has 1 rings (SSSR count). The van der Waals surface area contributed by atoms with Crippen LogP contribution in [0.2, 0.25) is 0 Å². The minimum Gasteiger partial charge on any atom is -0.160 e. The van der Waals surface area contributed by atoms with Crippen molar-refractivity contribution in [3.8, 4) is 0 Å². The van der Waals surface area contributed by atoms with Gasteiger partial charge in [0.1, 0.15) is 0 Å². The lowest BCUT2D eigenvalue weighted by atomic mass is 9.98. The van der Waals surface area contributed by atoms with Gasteiger partial charge in [0.05, 0.1) is 0 Å². The normalized spacial score (nSPS) is 12.2. The third kappa shape index (κ3) is 3.78. The van der Waals surface area contributed by atoms with Crippen molar-refractivity contribution in [2.24, 2.45) is 0 Å². The Balaban J connectivity index is 2.92. The van der Waals surface area contributed by atoms with Crippen molar-refractivity contribution in [2.75, 3.05) is 0 Å². The van der Waals surface area contributed by atoms with Crippen LogP contribution in [0.1, 0.15) is 30.9 Å². The Kier molecular flexibility index (Phi) is 3.71. The number of hydrogen-bond donors (Lipinski definition) is 0. The number of benzene rings is 1. The Labute approximate surface area is 91.9 Å². The molecule has 0 bridgehead atoms. The maximum atomic E-state index is 12.1. The number of rotatable bonds is 2. The minimum atomic E-state index is -4.20. The van der Waals surface area contributed by atoms with Gasteiger partial charge in [-0.2, -0.15) is 13.2 Å². The molecule has 0 N–H and O–H groups in total. The molecule has 0 saturated heterocycles. The molecule has 0 aromatic heterocycles. The molecule has 0 nitrogen and oxygen atoms in total. The highest BCUT2D eigenvalue weighted by atomic mass is 32.2. The van der Waals surface area contributed by atoms with E-state index in [1.807, 2.05) is 20.8 Å². The highest BCUT2D eigenvalue weighted by Gasteiger charge is 2.29. The maximum Gasteiger partial charge on any atom is 0.446 e. The number of thioether (sulfide) groups is 1. The summed E-state index contributed by atoms with van der Waals surface area (Å²) in [4.78, 5) is 0.254. The molecule has 15 heavy (non-hydrogen) atoms. The molecule has 0 unspecified atom stereocenters. The molecule has 0 spiro atoms. The molecule has 0 heterocycles. The first-order chi connectivity index (χ1) is 6.79. The molecule has 0 aliphatic rings. The summed E-state index contributed by atoms with van der Waals surface area (Å²) in [6, 6.07) is 4.89. The first kappa shape index (κ1) is 12.4. The van der Waals surface area contributed by atoms with Crippen LogP contribution >= 0.6 is 11.8 Å². The number of halogens is 3. The maximum absolute atomic E-state index is 12.1. The Morgan fingerprint density at radius 1 is 1.20 bits per heavy atom. The van der Waals surface area contributed by atoms with Crippen LogP contribution in [0.25, 0.3) is 0 Å². The average Bonchev–Trinajstić information content (AvgIpc) is 1.99. The second-order valence-corrected chi connectivity index (χ2v) is 4.86. The van der Waals surface area contributed by atoms with Crippen LogP contribution in [0.5, 0.6) is 0 Å².